The molecule has 1 N–H and O–H groups in total. The fraction of sp³-hybridized carbons (Fsp3) is 0.368. The van der Waals surface area contributed by atoms with Crippen LogP contribution in [-0.2, 0) is 24.4 Å². The number of hydrogen-bond donors (Lipinski definition) is 1. The Morgan fingerprint density at radius 3 is 3.08 bits per heavy atom. The maximum Gasteiger partial charge on any atom is 0.224 e. The second-order valence-corrected chi connectivity index (χ2v) is 6.44. The molecule has 0 radical (unpaired) electrons. The molecule has 132 valence electrons. The molecular weight excluding hydrogens is 319 g/mol. The van der Waals surface area contributed by atoms with Crippen LogP contribution in [0, 0.1) is 12.7 Å². The first kappa shape index (κ1) is 17.4. The van der Waals surface area contributed by atoms with E-state index in [4.69, 9.17) is 0 Å². The zero-order valence-corrected chi connectivity index (χ0v) is 14.4. The minimum absolute atomic E-state index is 0.0980. The summed E-state index contributed by atoms with van der Waals surface area (Å²) in [7, 11) is 0. The molecule has 3 rings (SSSR count). The van der Waals surface area contributed by atoms with Crippen molar-refractivity contribution in [1.29, 1.82) is 0 Å². The van der Waals surface area contributed by atoms with Crippen LogP contribution in [-0.4, -0.2) is 33.2 Å². The lowest BCUT2D eigenvalue weighted by Gasteiger charge is -2.17. The van der Waals surface area contributed by atoms with Gasteiger partial charge in [0.2, 0.25) is 5.91 Å². The van der Waals surface area contributed by atoms with Crippen molar-refractivity contribution in [3.05, 3.63) is 65.8 Å². The summed E-state index contributed by atoms with van der Waals surface area (Å²) in [5, 5.41) is 7.87. The molecule has 1 amide bonds. The van der Waals surface area contributed by atoms with Crippen LogP contribution in [0.2, 0.25) is 0 Å². The Morgan fingerprint density at radius 2 is 2.32 bits per heavy atom. The zero-order valence-electron chi connectivity index (χ0n) is 14.4. The Hall–Kier alpha value is -2.47. The Bertz CT molecular complexity index is 771. The third-order valence-corrected chi connectivity index (χ3v) is 4.42. The van der Waals surface area contributed by atoms with E-state index < -0.39 is 0 Å². The number of allylic oxidation sites excluding steroid dienone is 1. The molecule has 1 aliphatic heterocycles. The topological polar surface area (TPSA) is 50.2 Å². The molecule has 1 aromatic carbocycles. The Morgan fingerprint density at radius 1 is 1.48 bits per heavy atom. The van der Waals surface area contributed by atoms with E-state index in [0.29, 0.717) is 32.6 Å². The van der Waals surface area contributed by atoms with E-state index in [-0.39, 0.29) is 17.8 Å². The first-order chi connectivity index (χ1) is 12.0. The number of aryl methyl sites for hydroxylation is 1. The van der Waals surface area contributed by atoms with Crippen LogP contribution < -0.4 is 5.32 Å². The maximum absolute atomic E-state index is 13.3. The summed E-state index contributed by atoms with van der Waals surface area (Å²) >= 11 is 0. The molecule has 0 bridgehead atoms. The number of carbonyl (C=O) groups excluding carboxylic acids is 1. The first-order valence-electron chi connectivity index (χ1n) is 8.44. The molecule has 1 saturated heterocycles. The van der Waals surface area contributed by atoms with Gasteiger partial charge in [-0.05, 0) is 24.6 Å². The van der Waals surface area contributed by atoms with Gasteiger partial charge in [-0.15, -0.1) is 6.58 Å². The number of rotatable bonds is 7. The Balaban J connectivity index is 1.55. The standard InChI is InChI=1S/C19H23FN4O/c1-3-7-24-12-16(14(2)22-24)10-21-18-9-19(25)23(13-18)11-15-5-4-6-17(20)8-15/h3-6,8,12,18,21H,1,7,9-11,13H2,2H3. The van der Waals surface area contributed by atoms with E-state index in [0.717, 1.165) is 16.8 Å². The number of amides is 1. The second-order valence-electron chi connectivity index (χ2n) is 6.44. The minimum atomic E-state index is -0.272. The number of likely N-dealkylation sites (tertiary alicyclic amines) is 1. The van der Waals surface area contributed by atoms with Crippen LogP contribution in [0.5, 0.6) is 0 Å². The molecule has 1 aromatic heterocycles. The van der Waals surface area contributed by atoms with Crippen molar-refractivity contribution in [1.82, 2.24) is 20.0 Å². The van der Waals surface area contributed by atoms with E-state index in [1.807, 2.05) is 29.9 Å². The molecular formula is C19H23FN4O. The van der Waals surface area contributed by atoms with Gasteiger partial charge in [-0.3, -0.25) is 9.48 Å². The Labute approximate surface area is 147 Å². The number of nitrogens with zero attached hydrogens (tertiary/aromatic N) is 3. The smallest absolute Gasteiger partial charge is 0.224 e. The summed E-state index contributed by atoms with van der Waals surface area (Å²) in [6.07, 6.45) is 4.28. The van der Waals surface area contributed by atoms with Crippen LogP contribution in [0.25, 0.3) is 0 Å². The quantitative estimate of drug-likeness (QED) is 0.786. The van der Waals surface area contributed by atoms with Crippen molar-refractivity contribution < 1.29 is 9.18 Å². The monoisotopic (exact) mass is 342 g/mol. The lowest BCUT2D eigenvalue weighted by molar-refractivity contribution is -0.128. The molecule has 1 aliphatic rings. The van der Waals surface area contributed by atoms with E-state index in [1.54, 1.807) is 11.0 Å². The molecule has 25 heavy (non-hydrogen) atoms. The summed E-state index contributed by atoms with van der Waals surface area (Å²) < 4.78 is 15.1. The highest BCUT2D eigenvalue weighted by molar-refractivity contribution is 5.79. The van der Waals surface area contributed by atoms with E-state index >= 15 is 0 Å². The van der Waals surface area contributed by atoms with E-state index in [2.05, 4.69) is 17.0 Å². The molecule has 0 aliphatic carbocycles. The Kier molecular flexibility index (Phi) is 5.28. The SMILES string of the molecule is C=CCn1cc(CNC2CC(=O)N(Cc3cccc(F)c3)C2)c(C)n1. The van der Waals surface area contributed by atoms with Crippen molar-refractivity contribution in [3.63, 3.8) is 0 Å². The third-order valence-electron chi connectivity index (χ3n) is 4.42. The third kappa shape index (κ3) is 4.33. The van der Waals surface area contributed by atoms with Crippen molar-refractivity contribution in [3.8, 4) is 0 Å². The molecule has 6 heteroatoms. The largest absolute Gasteiger partial charge is 0.337 e. The summed E-state index contributed by atoms with van der Waals surface area (Å²) in [4.78, 5) is 14.0. The van der Waals surface area contributed by atoms with Crippen LogP contribution in [0.15, 0.2) is 43.1 Å². The van der Waals surface area contributed by atoms with Gasteiger partial charge in [0.15, 0.2) is 0 Å². The van der Waals surface area contributed by atoms with Gasteiger partial charge in [0.25, 0.3) is 0 Å². The molecule has 0 saturated carbocycles. The van der Waals surface area contributed by atoms with Gasteiger partial charge in [0.1, 0.15) is 5.82 Å². The van der Waals surface area contributed by atoms with Crippen LogP contribution in [0.4, 0.5) is 4.39 Å². The lowest BCUT2D eigenvalue weighted by atomic mass is 10.2. The summed E-state index contributed by atoms with van der Waals surface area (Å²) in [6, 6.07) is 6.50. The predicted molar refractivity (Wildman–Crippen MR) is 94.2 cm³/mol. The van der Waals surface area contributed by atoms with E-state index in [9.17, 15) is 9.18 Å². The maximum atomic E-state index is 13.3. The second kappa shape index (κ2) is 7.61. The van der Waals surface area contributed by atoms with Crippen LogP contribution in [0.1, 0.15) is 23.2 Å². The molecule has 1 atom stereocenters. The van der Waals surface area contributed by atoms with Gasteiger partial charge in [0.05, 0.1) is 12.2 Å². The number of carbonyl (C=O) groups is 1. The number of halogens is 1. The molecule has 2 aromatic rings. The summed E-state index contributed by atoms with van der Waals surface area (Å²) in [5.41, 5.74) is 2.92. The van der Waals surface area contributed by atoms with Gasteiger partial charge in [0, 0.05) is 43.9 Å². The van der Waals surface area contributed by atoms with Crippen LogP contribution in [0.3, 0.4) is 0 Å². The highest BCUT2D eigenvalue weighted by atomic mass is 19.1. The highest BCUT2D eigenvalue weighted by Crippen LogP contribution is 2.16. The van der Waals surface area contributed by atoms with E-state index in [1.165, 1.54) is 12.1 Å². The fourth-order valence-corrected chi connectivity index (χ4v) is 3.13. The number of nitrogens with one attached hydrogen (secondary N) is 1. The number of benzene rings is 1. The van der Waals surface area contributed by atoms with Crippen molar-refractivity contribution >= 4 is 5.91 Å². The van der Waals surface area contributed by atoms with Crippen molar-refractivity contribution in [2.75, 3.05) is 6.54 Å². The van der Waals surface area contributed by atoms with Gasteiger partial charge in [-0.2, -0.15) is 5.10 Å². The van der Waals surface area contributed by atoms with Gasteiger partial charge in [-0.25, -0.2) is 4.39 Å². The summed E-state index contributed by atoms with van der Waals surface area (Å²) in [6.45, 7) is 8.14. The lowest BCUT2D eigenvalue weighted by Crippen LogP contribution is -2.32. The normalized spacial score (nSPS) is 17.3. The molecule has 5 nitrogen and oxygen atoms in total. The predicted octanol–water partition coefficient (Wildman–Crippen LogP) is 2.41. The summed E-state index contributed by atoms with van der Waals surface area (Å²) in [5.74, 6) is -0.174. The highest BCUT2D eigenvalue weighted by Gasteiger charge is 2.29. The number of aromatic nitrogens is 2. The average molecular weight is 342 g/mol. The molecule has 2 heterocycles. The van der Waals surface area contributed by atoms with Crippen molar-refractivity contribution in [2.24, 2.45) is 0 Å². The fourth-order valence-electron chi connectivity index (χ4n) is 3.13. The van der Waals surface area contributed by atoms with Gasteiger partial charge in [-0.1, -0.05) is 18.2 Å². The molecule has 1 fully saturated rings. The number of hydrogen-bond acceptors (Lipinski definition) is 3. The minimum Gasteiger partial charge on any atom is -0.337 e. The average Bonchev–Trinajstić information content (AvgIpc) is 3.08. The molecule has 0 spiro atoms. The van der Waals surface area contributed by atoms with Gasteiger partial charge >= 0.3 is 0 Å². The van der Waals surface area contributed by atoms with Crippen LogP contribution >= 0.6 is 0 Å². The van der Waals surface area contributed by atoms with Gasteiger partial charge < -0.3 is 10.2 Å². The first-order valence-corrected chi connectivity index (χ1v) is 8.44. The zero-order chi connectivity index (χ0) is 17.8. The van der Waals surface area contributed by atoms with Crippen molar-refractivity contribution in [2.45, 2.75) is 39.0 Å². The molecule has 1 unspecified atom stereocenters.